The van der Waals surface area contributed by atoms with E-state index >= 15 is 0 Å². The third-order valence-electron chi connectivity index (χ3n) is 6.04. The molecule has 0 saturated heterocycles. The SMILES string of the molecule is Cc1cc(C(=O)CN(C)CC(=O)NC2CC2)c(C)n1C(c1ccccc1)c1ccccc1. The van der Waals surface area contributed by atoms with Crippen LogP contribution in [-0.4, -0.2) is 47.3 Å². The third-order valence-corrected chi connectivity index (χ3v) is 6.04. The second kappa shape index (κ2) is 9.53. The van der Waals surface area contributed by atoms with Crippen LogP contribution in [0.3, 0.4) is 0 Å². The molecule has 32 heavy (non-hydrogen) atoms. The molecular formula is C27H31N3O2. The Morgan fingerprint density at radius 2 is 1.53 bits per heavy atom. The summed E-state index contributed by atoms with van der Waals surface area (Å²) >= 11 is 0. The lowest BCUT2D eigenvalue weighted by molar-refractivity contribution is -0.121. The van der Waals surface area contributed by atoms with E-state index in [-0.39, 0.29) is 30.8 Å². The average molecular weight is 430 g/mol. The van der Waals surface area contributed by atoms with Gasteiger partial charge in [0.2, 0.25) is 5.91 Å². The molecule has 0 aliphatic heterocycles. The molecule has 1 aromatic heterocycles. The van der Waals surface area contributed by atoms with Crippen LogP contribution in [0.2, 0.25) is 0 Å². The maximum atomic E-state index is 13.2. The largest absolute Gasteiger partial charge is 0.352 e. The molecule has 1 amide bonds. The van der Waals surface area contributed by atoms with Crippen molar-refractivity contribution in [1.82, 2.24) is 14.8 Å². The van der Waals surface area contributed by atoms with E-state index in [4.69, 9.17) is 0 Å². The minimum Gasteiger partial charge on any atom is -0.352 e. The molecule has 0 atom stereocenters. The van der Waals surface area contributed by atoms with E-state index in [1.54, 1.807) is 4.90 Å². The van der Waals surface area contributed by atoms with E-state index in [0.29, 0.717) is 11.6 Å². The zero-order valence-electron chi connectivity index (χ0n) is 19.0. The zero-order chi connectivity index (χ0) is 22.7. The number of aromatic nitrogens is 1. The Morgan fingerprint density at radius 1 is 0.969 bits per heavy atom. The Kier molecular flexibility index (Phi) is 6.56. The van der Waals surface area contributed by atoms with Gasteiger partial charge in [-0.2, -0.15) is 0 Å². The van der Waals surface area contributed by atoms with Crippen molar-refractivity contribution in [2.45, 2.75) is 38.8 Å². The van der Waals surface area contributed by atoms with Crippen LogP contribution in [0.5, 0.6) is 0 Å². The highest BCUT2D eigenvalue weighted by molar-refractivity contribution is 5.99. The normalized spacial score (nSPS) is 13.5. The number of ketones is 1. The van der Waals surface area contributed by atoms with Crippen molar-refractivity contribution in [1.29, 1.82) is 0 Å². The van der Waals surface area contributed by atoms with Gasteiger partial charge in [-0.1, -0.05) is 60.7 Å². The van der Waals surface area contributed by atoms with Crippen LogP contribution in [-0.2, 0) is 4.79 Å². The predicted molar refractivity (Wildman–Crippen MR) is 127 cm³/mol. The fraction of sp³-hybridized carbons (Fsp3) is 0.333. The number of aryl methyl sites for hydroxylation is 1. The fourth-order valence-corrected chi connectivity index (χ4v) is 4.35. The molecule has 1 aliphatic rings. The van der Waals surface area contributed by atoms with Crippen molar-refractivity contribution in [3.63, 3.8) is 0 Å². The molecule has 1 aliphatic carbocycles. The van der Waals surface area contributed by atoms with Gasteiger partial charge >= 0.3 is 0 Å². The van der Waals surface area contributed by atoms with Crippen molar-refractivity contribution in [3.05, 3.63) is 94.8 Å². The van der Waals surface area contributed by atoms with E-state index < -0.39 is 0 Å². The lowest BCUT2D eigenvalue weighted by atomic mass is 9.98. The number of amides is 1. The first kappa shape index (κ1) is 22.0. The number of Topliss-reactive ketones (excluding diaryl/α,β-unsaturated/α-hetero) is 1. The molecule has 2 aromatic carbocycles. The summed E-state index contributed by atoms with van der Waals surface area (Å²) in [6, 6.07) is 23.0. The van der Waals surface area contributed by atoms with Gasteiger partial charge in [0.05, 0.1) is 19.1 Å². The van der Waals surface area contributed by atoms with Gasteiger partial charge in [0, 0.05) is 23.0 Å². The summed E-state index contributed by atoms with van der Waals surface area (Å²) < 4.78 is 2.25. The molecule has 166 valence electrons. The Labute approximate surface area is 190 Å². The van der Waals surface area contributed by atoms with Gasteiger partial charge in [0.1, 0.15) is 0 Å². The highest BCUT2D eigenvalue weighted by atomic mass is 16.2. The molecule has 1 N–H and O–H groups in total. The maximum Gasteiger partial charge on any atom is 0.234 e. The summed E-state index contributed by atoms with van der Waals surface area (Å²) in [6.07, 6.45) is 2.12. The number of carbonyl (C=O) groups is 2. The first-order valence-corrected chi connectivity index (χ1v) is 11.2. The van der Waals surface area contributed by atoms with Crippen molar-refractivity contribution >= 4 is 11.7 Å². The van der Waals surface area contributed by atoms with E-state index in [0.717, 1.165) is 24.2 Å². The van der Waals surface area contributed by atoms with E-state index in [2.05, 4.69) is 41.1 Å². The molecule has 3 aromatic rings. The van der Waals surface area contributed by atoms with Gasteiger partial charge in [-0.05, 0) is 50.9 Å². The maximum absolute atomic E-state index is 13.2. The third kappa shape index (κ3) is 5.00. The van der Waals surface area contributed by atoms with E-state index in [9.17, 15) is 9.59 Å². The lowest BCUT2D eigenvalue weighted by Crippen LogP contribution is -2.38. The van der Waals surface area contributed by atoms with Crippen molar-refractivity contribution < 1.29 is 9.59 Å². The number of likely N-dealkylation sites (N-methyl/N-ethyl adjacent to an activating group) is 1. The van der Waals surface area contributed by atoms with Gasteiger partial charge < -0.3 is 9.88 Å². The van der Waals surface area contributed by atoms with E-state index in [1.807, 2.05) is 56.4 Å². The van der Waals surface area contributed by atoms with Gasteiger partial charge in [-0.15, -0.1) is 0 Å². The van der Waals surface area contributed by atoms with Crippen molar-refractivity contribution in [2.24, 2.45) is 0 Å². The Hall–Kier alpha value is -3.18. The lowest BCUT2D eigenvalue weighted by Gasteiger charge is -2.24. The monoisotopic (exact) mass is 429 g/mol. The van der Waals surface area contributed by atoms with Crippen LogP contribution in [0.1, 0.15) is 51.8 Å². The summed E-state index contributed by atoms with van der Waals surface area (Å²) in [7, 11) is 1.82. The predicted octanol–water partition coefficient (Wildman–Crippen LogP) is 4.14. The standard InChI is InChI=1S/C27H31N3O2/c1-19-16-24(25(31)17-29(3)18-26(32)28-23-14-15-23)20(2)30(19)27(21-10-6-4-7-11-21)22-12-8-5-9-13-22/h4-13,16,23,27H,14-15,17-18H2,1-3H3,(H,28,32). The zero-order valence-corrected chi connectivity index (χ0v) is 19.0. The number of rotatable bonds is 9. The van der Waals surface area contributed by atoms with Crippen LogP contribution >= 0.6 is 0 Å². The average Bonchev–Trinajstić information content (AvgIpc) is 3.54. The highest BCUT2D eigenvalue weighted by Crippen LogP contribution is 2.31. The molecule has 0 spiro atoms. The minimum absolute atomic E-state index is 0.0125. The van der Waals surface area contributed by atoms with Gasteiger partial charge in [0.15, 0.2) is 5.78 Å². The van der Waals surface area contributed by atoms with Crippen molar-refractivity contribution in [2.75, 3.05) is 20.1 Å². The molecule has 0 unspecified atom stereocenters. The number of carbonyl (C=O) groups excluding carboxylic acids is 2. The summed E-state index contributed by atoms with van der Waals surface area (Å²) in [5.41, 5.74) is 5.05. The first-order chi connectivity index (χ1) is 15.4. The topological polar surface area (TPSA) is 54.3 Å². The Bertz CT molecular complexity index is 1050. The smallest absolute Gasteiger partial charge is 0.234 e. The number of hydrogen-bond acceptors (Lipinski definition) is 3. The second-order valence-electron chi connectivity index (χ2n) is 8.82. The number of nitrogens with zero attached hydrogens (tertiary/aromatic N) is 2. The first-order valence-electron chi connectivity index (χ1n) is 11.2. The van der Waals surface area contributed by atoms with Gasteiger partial charge in [-0.25, -0.2) is 0 Å². The molecule has 1 heterocycles. The van der Waals surface area contributed by atoms with Crippen LogP contribution in [0, 0.1) is 13.8 Å². The number of hydrogen-bond donors (Lipinski definition) is 1. The molecule has 5 nitrogen and oxygen atoms in total. The Balaban J connectivity index is 1.59. The van der Waals surface area contributed by atoms with Crippen LogP contribution in [0.4, 0.5) is 0 Å². The van der Waals surface area contributed by atoms with Crippen LogP contribution < -0.4 is 5.32 Å². The summed E-state index contributed by atoms with van der Waals surface area (Å²) in [4.78, 5) is 27.0. The number of nitrogens with one attached hydrogen (secondary N) is 1. The molecule has 1 fully saturated rings. The number of benzene rings is 2. The molecule has 0 radical (unpaired) electrons. The summed E-state index contributed by atoms with van der Waals surface area (Å²) in [5.74, 6) is 0.0208. The van der Waals surface area contributed by atoms with Crippen LogP contribution in [0.25, 0.3) is 0 Å². The molecule has 1 saturated carbocycles. The van der Waals surface area contributed by atoms with Gasteiger partial charge in [0.25, 0.3) is 0 Å². The van der Waals surface area contributed by atoms with Gasteiger partial charge in [-0.3, -0.25) is 14.5 Å². The Morgan fingerprint density at radius 3 is 2.06 bits per heavy atom. The fourth-order valence-electron chi connectivity index (χ4n) is 4.35. The van der Waals surface area contributed by atoms with E-state index in [1.165, 1.54) is 11.1 Å². The molecule has 5 heteroatoms. The minimum atomic E-state index is -0.0130. The van der Waals surface area contributed by atoms with Crippen molar-refractivity contribution in [3.8, 4) is 0 Å². The molecule has 4 rings (SSSR count). The second-order valence-corrected chi connectivity index (χ2v) is 8.82. The summed E-state index contributed by atoms with van der Waals surface area (Å²) in [5, 5.41) is 2.98. The quantitative estimate of drug-likeness (QED) is 0.520. The van der Waals surface area contributed by atoms with Crippen LogP contribution in [0.15, 0.2) is 66.7 Å². The summed E-state index contributed by atoms with van der Waals surface area (Å²) in [6.45, 7) is 4.51. The highest BCUT2D eigenvalue weighted by Gasteiger charge is 2.26. The molecular weight excluding hydrogens is 398 g/mol. The molecule has 0 bridgehead atoms.